The van der Waals surface area contributed by atoms with E-state index in [1.165, 1.54) is 6.21 Å². The molecule has 1 aromatic heterocycles. The monoisotopic (exact) mass is 274 g/mol. The predicted octanol–water partition coefficient (Wildman–Crippen LogP) is 2.30. The number of ketones is 1. The van der Waals surface area contributed by atoms with Crippen LogP contribution in [0.25, 0.3) is 0 Å². The summed E-state index contributed by atoms with van der Waals surface area (Å²) < 4.78 is 0. The summed E-state index contributed by atoms with van der Waals surface area (Å²) in [5, 5.41) is 13.7. The van der Waals surface area contributed by atoms with E-state index >= 15 is 0 Å². The van der Waals surface area contributed by atoms with Crippen molar-refractivity contribution >= 4 is 17.9 Å². The number of aryl methyl sites for hydroxylation is 2. The Kier molecular flexibility index (Phi) is 4.12. The van der Waals surface area contributed by atoms with Gasteiger partial charge in [-0.1, -0.05) is 6.92 Å². The molecule has 0 unspecified atom stereocenters. The standard InChI is InChI=1S/C14H18N4O2/c1-8-4-12(19)11(13(20)5-8)7-15-18-14-16-9(2)6-10(3)17-14/h6-8,19H,4-5H2,1-3H3,(H,16,17,18)/b15-7-/t8-/m1/s1. The van der Waals surface area contributed by atoms with E-state index in [1.54, 1.807) is 0 Å². The van der Waals surface area contributed by atoms with E-state index in [0.29, 0.717) is 18.8 Å². The van der Waals surface area contributed by atoms with Gasteiger partial charge >= 0.3 is 0 Å². The van der Waals surface area contributed by atoms with Gasteiger partial charge in [0.25, 0.3) is 0 Å². The number of hydrogen-bond donors (Lipinski definition) is 2. The normalized spacial score (nSPS) is 19.8. The van der Waals surface area contributed by atoms with Gasteiger partial charge in [-0.3, -0.25) is 4.79 Å². The summed E-state index contributed by atoms with van der Waals surface area (Å²) in [6.07, 6.45) is 2.28. The summed E-state index contributed by atoms with van der Waals surface area (Å²) in [6.45, 7) is 5.66. The van der Waals surface area contributed by atoms with Crippen molar-refractivity contribution in [2.45, 2.75) is 33.6 Å². The predicted molar refractivity (Wildman–Crippen MR) is 76.7 cm³/mol. The maximum Gasteiger partial charge on any atom is 0.243 e. The molecule has 1 atom stereocenters. The number of nitrogens with one attached hydrogen (secondary N) is 1. The highest BCUT2D eigenvalue weighted by molar-refractivity contribution is 6.14. The van der Waals surface area contributed by atoms with Crippen molar-refractivity contribution in [3.05, 3.63) is 28.8 Å². The summed E-state index contributed by atoms with van der Waals surface area (Å²) in [5.74, 6) is 0.555. The first kappa shape index (κ1) is 14.2. The maximum absolute atomic E-state index is 11.8. The highest BCUT2D eigenvalue weighted by Crippen LogP contribution is 2.23. The van der Waals surface area contributed by atoms with E-state index in [-0.39, 0.29) is 23.0 Å². The molecule has 1 heterocycles. The second kappa shape index (κ2) is 5.81. The van der Waals surface area contributed by atoms with Crippen LogP contribution in [0, 0.1) is 19.8 Å². The smallest absolute Gasteiger partial charge is 0.243 e. The molecule has 2 rings (SSSR count). The van der Waals surface area contributed by atoms with E-state index in [0.717, 1.165) is 11.4 Å². The number of aliphatic hydroxyl groups is 1. The summed E-state index contributed by atoms with van der Waals surface area (Å²) in [4.78, 5) is 20.1. The lowest BCUT2D eigenvalue weighted by Gasteiger charge is -2.17. The Hall–Kier alpha value is -2.24. The van der Waals surface area contributed by atoms with Gasteiger partial charge in [-0.25, -0.2) is 15.4 Å². The number of hydrazone groups is 1. The number of Topliss-reactive ketones (excluding diaryl/α,β-unsaturated/α-hetero) is 1. The van der Waals surface area contributed by atoms with Crippen LogP contribution in [0.1, 0.15) is 31.2 Å². The van der Waals surface area contributed by atoms with Gasteiger partial charge in [0.05, 0.1) is 11.8 Å². The minimum absolute atomic E-state index is 0.0897. The Labute approximate surface area is 117 Å². The van der Waals surface area contributed by atoms with E-state index in [4.69, 9.17) is 0 Å². The second-order valence-electron chi connectivity index (χ2n) is 5.14. The molecule has 106 valence electrons. The molecule has 0 spiro atoms. The van der Waals surface area contributed by atoms with E-state index in [9.17, 15) is 9.90 Å². The molecular formula is C14H18N4O2. The molecule has 0 aliphatic heterocycles. The highest BCUT2D eigenvalue weighted by Gasteiger charge is 2.23. The van der Waals surface area contributed by atoms with Gasteiger partial charge in [0.2, 0.25) is 5.95 Å². The molecule has 20 heavy (non-hydrogen) atoms. The molecule has 0 fully saturated rings. The molecule has 1 aliphatic carbocycles. The van der Waals surface area contributed by atoms with E-state index in [2.05, 4.69) is 20.5 Å². The van der Waals surface area contributed by atoms with Gasteiger partial charge in [-0.05, 0) is 25.8 Å². The molecule has 1 aliphatic rings. The summed E-state index contributed by atoms with van der Waals surface area (Å²) in [7, 11) is 0. The molecule has 0 aromatic carbocycles. The zero-order valence-corrected chi connectivity index (χ0v) is 11.8. The number of anilines is 1. The van der Waals surface area contributed by atoms with E-state index < -0.39 is 0 Å². The second-order valence-corrected chi connectivity index (χ2v) is 5.14. The number of nitrogens with zero attached hydrogens (tertiary/aromatic N) is 3. The van der Waals surface area contributed by atoms with Crippen molar-refractivity contribution < 1.29 is 9.90 Å². The number of rotatable bonds is 3. The van der Waals surface area contributed by atoms with Crippen LogP contribution in [-0.2, 0) is 4.79 Å². The summed E-state index contributed by atoms with van der Waals surface area (Å²) in [5.41, 5.74) is 4.61. The molecule has 6 heteroatoms. The van der Waals surface area contributed by atoms with Crippen molar-refractivity contribution in [3.63, 3.8) is 0 Å². The summed E-state index contributed by atoms with van der Waals surface area (Å²) >= 11 is 0. The maximum atomic E-state index is 11.8. The van der Waals surface area contributed by atoms with Crippen LogP contribution >= 0.6 is 0 Å². The van der Waals surface area contributed by atoms with Crippen molar-refractivity contribution in [3.8, 4) is 0 Å². The third-order valence-corrected chi connectivity index (χ3v) is 3.03. The van der Waals surface area contributed by atoms with Crippen molar-refractivity contribution in [1.29, 1.82) is 0 Å². The molecule has 1 aromatic rings. The van der Waals surface area contributed by atoms with Crippen molar-refractivity contribution in [1.82, 2.24) is 9.97 Å². The van der Waals surface area contributed by atoms with Crippen LogP contribution in [-0.4, -0.2) is 27.1 Å². The lowest BCUT2D eigenvalue weighted by atomic mass is 9.89. The average molecular weight is 274 g/mol. The molecule has 0 radical (unpaired) electrons. The van der Waals surface area contributed by atoms with Crippen molar-refractivity contribution in [2.75, 3.05) is 5.43 Å². The number of aliphatic hydroxyl groups excluding tert-OH is 1. The SMILES string of the molecule is Cc1cc(C)nc(N/N=C\C2=C(O)C[C@@H](C)CC2=O)n1. The quantitative estimate of drug-likeness (QED) is 0.652. The first-order valence-electron chi connectivity index (χ1n) is 6.52. The lowest BCUT2D eigenvalue weighted by Crippen LogP contribution is -2.18. The Balaban J connectivity index is 2.10. The van der Waals surface area contributed by atoms with Gasteiger partial charge < -0.3 is 5.11 Å². The fourth-order valence-corrected chi connectivity index (χ4v) is 2.18. The molecular weight excluding hydrogens is 256 g/mol. The van der Waals surface area contributed by atoms with Crippen LogP contribution in [0.5, 0.6) is 0 Å². The lowest BCUT2D eigenvalue weighted by molar-refractivity contribution is -0.116. The van der Waals surface area contributed by atoms with Crippen LogP contribution < -0.4 is 5.43 Å². The third kappa shape index (κ3) is 3.40. The molecule has 0 saturated heterocycles. The van der Waals surface area contributed by atoms with Crippen LogP contribution in [0.15, 0.2) is 22.5 Å². The van der Waals surface area contributed by atoms with Crippen LogP contribution in [0.4, 0.5) is 5.95 Å². The first-order valence-corrected chi connectivity index (χ1v) is 6.52. The zero-order chi connectivity index (χ0) is 14.7. The van der Waals surface area contributed by atoms with E-state index in [1.807, 2.05) is 26.8 Å². The molecule has 6 nitrogen and oxygen atoms in total. The largest absolute Gasteiger partial charge is 0.511 e. The van der Waals surface area contributed by atoms with Crippen LogP contribution in [0.2, 0.25) is 0 Å². The van der Waals surface area contributed by atoms with Crippen LogP contribution in [0.3, 0.4) is 0 Å². The highest BCUT2D eigenvalue weighted by atomic mass is 16.3. The Morgan fingerprint density at radius 2 is 2.00 bits per heavy atom. The number of aromatic nitrogens is 2. The van der Waals surface area contributed by atoms with Gasteiger partial charge in [-0.15, -0.1) is 0 Å². The third-order valence-electron chi connectivity index (χ3n) is 3.03. The number of hydrogen-bond acceptors (Lipinski definition) is 6. The number of carbonyl (C=O) groups excluding carboxylic acids is 1. The Morgan fingerprint density at radius 3 is 2.60 bits per heavy atom. The van der Waals surface area contributed by atoms with Gasteiger partial charge in [0.15, 0.2) is 5.78 Å². The average Bonchev–Trinajstić information content (AvgIpc) is 2.31. The topological polar surface area (TPSA) is 87.5 Å². The van der Waals surface area contributed by atoms with Gasteiger partial charge in [0, 0.05) is 24.2 Å². The zero-order valence-electron chi connectivity index (χ0n) is 11.8. The molecule has 0 bridgehead atoms. The number of carbonyl (C=O) groups is 1. The Bertz CT molecular complexity index is 573. The minimum atomic E-state index is -0.0897. The van der Waals surface area contributed by atoms with Crippen molar-refractivity contribution in [2.24, 2.45) is 11.0 Å². The Morgan fingerprint density at radius 1 is 1.35 bits per heavy atom. The molecule has 2 N–H and O–H groups in total. The molecule has 0 saturated carbocycles. The molecule has 0 amide bonds. The fraction of sp³-hybridized carbons (Fsp3) is 0.429. The fourth-order valence-electron chi connectivity index (χ4n) is 2.18. The van der Waals surface area contributed by atoms with Gasteiger partial charge in [-0.2, -0.15) is 5.10 Å². The summed E-state index contributed by atoms with van der Waals surface area (Å²) in [6, 6.07) is 1.86. The first-order chi connectivity index (χ1) is 9.45. The van der Waals surface area contributed by atoms with Gasteiger partial charge in [0.1, 0.15) is 5.76 Å². The minimum Gasteiger partial charge on any atom is -0.511 e. The number of allylic oxidation sites excluding steroid dienone is 2.